The molecular formula is C24H39F3O2. The highest BCUT2D eigenvalue weighted by atomic mass is 19.4. The van der Waals surface area contributed by atoms with Crippen LogP contribution in [0, 0.1) is 46.3 Å². The first kappa shape index (κ1) is 21.9. The number of halogens is 3. The first-order chi connectivity index (χ1) is 13.3. The van der Waals surface area contributed by atoms with E-state index in [-0.39, 0.29) is 35.7 Å². The number of rotatable bonds is 2. The number of hydrogen-bond donors (Lipinski definition) is 2. The van der Waals surface area contributed by atoms with Crippen molar-refractivity contribution < 1.29 is 23.4 Å². The van der Waals surface area contributed by atoms with Gasteiger partial charge in [0.1, 0.15) is 0 Å². The van der Waals surface area contributed by atoms with Crippen molar-refractivity contribution in [2.45, 2.75) is 103 Å². The predicted octanol–water partition coefficient (Wildman–Crippen LogP) is 5.96. The summed E-state index contributed by atoms with van der Waals surface area (Å²) in [4.78, 5) is 0. The standard InChI is InChI=1S/C24H39F3O2/c1-14(15(2)28)18-7-8-19-17-6-5-16-13-23(29,24(25,26)27)12-11-21(16,3)20(17)9-10-22(18,19)4/h14-20,28-29H,5-13H2,1-4H3/t14-,15-,16-,17+,18-,19+,20?,21+,22-,23-/m1/s1. The zero-order valence-electron chi connectivity index (χ0n) is 18.4. The molecule has 4 rings (SSSR count). The van der Waals surface area contributed by atoms with Crippen molar-refractivity contribution >= 4 is 0 Å². The Labute approximate surface area is 173 Å². The Kier molecular flexibility index (Phi) is 5.18. The van der Waals surface area contributed by atoms with E-state index >= 15 is 0 Å². The minimum Gasteiger partial charge on any atom is -0.393 e. The molecule has 0 radical (unpaired) electrons. The smallest absolute Gasteiger partial charge is 0.393 e. The molecule has 0 aliphatic heterocycles. The zero-order chi connectivity index (χ0) is 21.4. The first-order valence-corrected chi connectivity index (χ1v) is 11.8. The summed E-state index contributed by atoms with van der Waals surface area (Å²) in [6.45, 7) is 8.76. The van der Waals surface area contributed by atoms with Gasteiger partial charge in [0.15, 0.2) is 5.60 Å². The van der Waals surface area contributed by atoms with Gasteiger partial charge in [0.25, 0.3) is 0 Å². The molecule has 4 aliphatic rings. The lowest BCUT2D eigenvalue weighted by atomic mass is 9.43. The second kappa shape index (κ2) is 6.85. The van der Waals surface area contributed by atoms with Crippen LogP contribution in [0.4, 0.5) is 13.2 Å². The molecule has 0 heterocycles. The Morgan fingerprint density at radius 1 is 0.862 bits per heavy atom. The maximum Gasteiger partial charge on any atom is 0.417 e. The summed E-state index contributed by atoms with van der Waals surface area (Å²) in [7, 11) is 0. The van der Waals surface area contributed by atoms with Crippen LogP contribution in [0.5, 0.6) is 0 Å². The highest BCUT2D eigenvalue weighted by molar-refractivity contribution is 5.11. The third-order valence-corrected chi connectivity index (χ3v) is 10.7. The molecule has 0 aromatic carbocycles. The fourth-order valence-electron chi connectivity index (χ4n) is 8.74. The maximum atomic E-state index is 13.5. The van der Waals surface area contributed by atoms with Gasteiger partial charge in [-0.1, -0.05) is 20.8 Å². The van der Waals surface area contributed by atoms with E-state index in [4.69, 9.17) is 0 Å². The molecule has 2 nitrogen and oxygen atoms in total. The van der Waals surface area contributed by atoms with Crippen molar-refractivity contribution in [2.75, 3.05) is 0 Å². The fraction of sp³-hybridized carbons (Fsp3) is 1.00. The molecule has 0 amide bonds. The van der Waals surface area contributed by atoms with Gasteiger partial charge in [0.05, 0.1) is 6.10 Å². The van der Waals surface area contributed by atoms with E-state index in [0.29, 0.717) is 36.0 Å². The van der Waals surface area contributed by atoms with Crippen LogP contribution in [-0.4, -0.2) is 28.1 Å². The summed E-state index contributed by atoms with van der Waals surface area (Å²) in [5, 5.41) is 20.6. The molecule has 0 saturated heterocycles. The molecule has 0 spiro atoms. The van der Waals surface area contributed by atoms with Gasteiger partial charge in [-0.2, -0.15) is 13.2 Å². The highest BCUT2D eigenvalue weighted by Crippen LogP contribution is 2.69. The topological polar surface area (TPSA) is 40.5 Å². The van der Waals surface area contributed by atoms with Crippen LogP contribution in [0.2, 0.25) is 0 Å². The van der Waals surface area contributed by atoms with Crippen molar-refractivity contribution in [3.63, 3.8) is 0 Å². The van der Waals surface area contributed by atoms with Gasteiger partial charge >= 0.3 is 6.18 Å². The van der Waals surface area contributed by atoms with Crippen LogP contribution in [0.3, 0.4) is 0 Å². The Morgan fingerprint density at radius 3 is 2.14 bits per heavy atom. The number of aliphatic hydroxyl groups is 2. The van der Waals surface area contributed by atoms with Crippen molar-refractivity contribution in [2.24, 2.45) is 46.3 Å². The van der Waals surface area contributed by atoms with Gasteiger partial charge in [0.2, 0.25) is 0 Å². The van der Waals surface area contributed by atoms with Gasteiger partial charge in [-0.05, 0) is 111 Å². The van der Waals surface area contributed by atoms with E-state index in [0.717, 1.165) is 25.7 Å². The van der Waals surface area contributed by atoms with Gasteiger partial charge in [-0.25, -0.2) is 0 Å². The summed E-state index contributed by atoms with van der Waals surface area (Å²) in [6, 6.07) is 0. The normalized spacial score (nSPS) is 52.2. The molecule has 0 bridgehead atoms. The van der Waals surface area contributed by atoms with Gasteiger partial charge in [-0.3, -0.25) is 0 Å². The van der Waals surface area contributed by atoms with Crippen molar-refractivity contribution in [1.82, 2.24) is 0 Å². The van der Waals surface area contributed by atoms with Gasteiger partial charge < -0.3 is 10.2 Å². The molecule has 168 valence electrons. The zero-order valence-corrected chi connectivity index (χ0v) is 18.4. The van der Waals surface area contributed by atoms with Crippen LogP contribution in [0.1, 0.15) is 85.5 Å². The molecule has 1 unspecified atom stereocenters. The number of hydrogen-bond acceptors (Lipinski definition) is 2. The van der Waals surface area contributed by atoms with Crippen LogP contribution in [-0.2, 0) is 0 Å². The lowest BCUT2D eigenvalue weighted by Crippen LogP contribution is -2.59. The number of fused-ring (bicyclic) bond motifs is 5. The van der Waals surface area contributed by atoms with Gasteiger partial charge in [-0.15, -0.1) is 0 Å². The Hall–Kier alpha value is -0.290. The molecular weight excluding hydrogens is 377 g/mol. The van der Waals surface area contributed by atoms with E-state index in [1.165, 1.54) is 12.8 Å². The summed E-state index contributed by atoms with van der Waals surface area (Å²) >= 11 is 0. The van der Waals surface area contributed by atoms with Gasteiger partial charge in [0, 0.05) is 0 Å². The molecule has 5 heteroatoms. The summed E-state index contributed by atoms with van der Waals surface area (Å²) in [5.74, 6) is 2.53. The van der Waals surface area contributed by atoms with Crippen molar-refractivity contribution in [3.05, 3.63) is 0 Å². The van der Waals surface area contributed by atoms with Crippen LogP contribution >= 0.6 is 0 Å². The third-order valence-electron chi connectivity index (χ3n) is 10.7. The lowest BCUT2D eigenvalue weighted by molar-refractivity contribution is -0.290. The molecule has 4 saturated carbocycles. The van der Waals surface area contributed by atoms with E-state index in [9.17, 15) is 23.4 Å². The SMILES string of the molecule is C[C@@H]([C@H]1CC[C@H]2[C@@H]3CC[C@@H]4C[C@@](O)(C(F)(F)F)CC[C@]4(C)C3CC[C@]12C)[C@@H](C)O. The quantitative estimate of drug-likeness (QED) is 0.583. The van der Waals surface area contributed by atoms with Crippen molar-refractivity contribution in [1.29, 1.82) is 0 Å². The molecule has 29 heavy (non-hydrogen) atoms. The predicted molar refractivity (Wildman–Crippen MR) is 107 cm³/mol. The van der Waals surface area contributed by atoms with E-state index in [2.05, 4.69) is 20.8 Å². The largest absolute Gasteiger partial charge is 0.417 e. The summed E-state index contributed by atoms with van der Waals surface area (Å²) < 4.78 is 40.4. The van der Waals surface area contributed by atoms with E-state index in [1.807, 2.05) is 6.92 Å². The van der Waals surface area contributed by atoms with E-state index in [1.54, 1.807) is 0 Å². The molecule has 10 atom stereocenters. The second-order valence-corrected chi connectivity index (χ2v) is 11.7. The maximum absolute atomic E-state index is 13.5. The molecule has 4 aliphatic carbocycles. The van der Waals surface area contributed by atoms with Crippen LogP contribution < -0.4 is 0 Å². The highest BCUT2D eigenvalue weighted by Gasteiger charge is 2.65. The average Bonchev–Trinajstić information content (AvgIpc) is 2.98. The van der Waals surface area contributed by atoms with E-state index < -0.39 is 11.8 Å². The molecule has 0 aromatic rings. The second-order valence-electron chi connectivity index (χ2n) is 11.7. The molecule has 0 aromatic heterocycles. The molecule has 2 N–H and O–H groups in total. The van der Waals surface area contributed by atoms with Crippen molar-refractivity contribution in [3.8, 4) is 0 Å². The summed E-state index contributed by atoms with van der Waals surface area (Å²) in [6.07, 6.45) is 1.85. The Bertz CT molecular complexity index is 634. The molecule has 4 fully saturated rings. The first-order valence-electron chi connectivity index (χ1n) is 11.8. The number of aliphatic hydroxyl groups excluding tert-OH is 1. The minimum absolute atomic E-state index is 0.0259. The lowest BCUT2D eigenvalue weighted by Gasteiger charge is -2.62. The Morgan fingerprint density at radius 2 is 1.52 bits per heavy atom. The minimum atomic E-state index is -4.52. The fourth-order valence-corrected chi connectivity index (χ4v) is 8.74. The summed E-state index contributed by atoms with van der Waals surface area (Å²) in [5.41, 5.74) is -2.31. The third kappa shape index (κ3) is 3.11. The monoisotopic (exact) mass is 416 g/mol. The van der Waals surface area contributed by atoms with Crippen LogP contribution in [0.15, 0.2) is 0 Å². The number of alkyl halides is 3. The average molecular weight is 417 g/mol. The Balaban J connectivity index is 1.56. The van der Waals surface area contributed by atoms with Crippen LogP contribution in [0.25, 0.3) is 0 Å².